The third-order valence-electron chi connectivity index (χ3n) is 2.40. The highest BCUT2D eigenvalue weighted by Gasteiger charge is 2.03. The molecule has 2 N–H and O–H groups in total. The summed E-state index contributed by atoms with van der Waals surface area (Å²) in [6.07, 6.45) is 0.634. The number of hydrogen-bond acceptors (Lipinski definition) is 3. The molecule has 100 valence electrons. The van der Waals surface area contributed by atoms with E-state index < -0.39 is 0 Å². The first-order chi connectivity index (χ1) is 8.61. The Morgan fingerprint density at radius 3 is 2.56 bits per heavy atom. The van der Waals surface area contributed by atoms with E-state index in [1.807, 2.05) is 26.0 Å². The van der Waals surface area contributed by atoms with Crippen LogP contribution in [-0.2, 0) is 11.2 Å². The minimum atomic E-state index is -0.108. The third kappa shape index (κ3) is 5.68. The monoisotopic (exact) mass is 251 g/mol. The van der Waals surface area contributed by atoms with E-state index in [0.717, 1.165) is 5.56 Å². The van der Waals surface area contributed by atoms with Gasteiger partial charge in [-0.3, -0.25) is 4.79 Å². The molecule has 18 heavy (non-hydrogen) atoms. The second-order valence-electron chi connectivity index (χ2n) is 4.60. The van der Waals surface area contributed by atoms with Crippen LogP contribution in [0.5, 0.6) is 5.75 Å². The smallest absolute Gasteiger partial charge is 0.257 e. The van der Waals surface area contributed by atoms with E-state index in [1.165, 1.54) is 0 Å². The summed E-state index contributed by atoms with van der Waals surface area (Å²) in [5, 5.41) is 11.6. The molecular weight excluding hydrogens is 230 g/mol. The quantitative estimate of drug-likeness (QED) is 0.769. The van der Waals surface area contributed by atoms with Gasteiger partial charge in [-0.05, 0) is 30.0 Å². The zero-order valence-corrected chi connectivity index (χ0v) is 11.0. The van der Waals surface area contributed by atoms with Gasteiger partial charge in [0.05, 0.1) is 0 Å². The van der Waals surface area contributed by atoms with E-state index in [1.54, 1.807) is 12.1 Å². The van der Waals surface area contributed by atoms with Crippen LogP contribution in [0.25, 0.3) is 0 Å². The zero-order chi connectivity index (χ0) is 13.4. The molecule has 4 heteroatoms. The highest BCUT2D eigenvalue weighted by atomic mass is 16.5. The molecule has 0 heterocycles. The Balaban J connectivity index is 2.32. The van der Waals surface area contributed by atoms with Crippen LogP contribution in [0, 0.1) is 5.92 Å². The van der Waals surface area contributed by atoms with Crippen molar-refractivity contribution in [3.8, 4) is 5.75 Å². The van der Waals surface area contributed by atoms with E-state index >= 15 is 0 Å². The summed E-state index contributed by atoms with van der Waals surface area (Å²) in [5.74, 6) is 0.992. The Morgan fingerprint density at radius 1 is 1.33 bits per heavy atom. The van der Waals surface area contributed by atoms with Crippen LogP contribution < -0.4 is 10.1 Å². The Morgan fingerprint density at radius 2 is 2.00 bits per heavy atom. The molecule has 1 rings (SSSR count). The summed E-state index contributed by atoms with van der Waals surface area (Å²) in [7, 11) is 0. The Labute approximate surface area is 108 Å². The second-order valence-corrected chi connectivity index (χ2v) is 4.60. The standard InChI is InChI=1S/C14H21NO3/c1-11(2)9-15-14(17)10-18-13-5-3-12(4-6-13)7-8-16/h3-6,11,16H,7-10H2,1-2H3,(H,15,17). The van der Waals surface area contributed by atoms with Gasteiger partial charge < -0.3 is 15.2 Å². The summed E-state index contributed by atoms with van der Waals surface area (Å²) in [5.41, 5.74) is 1.05. The summed E-state index contributed by atoms with van der Waals surface area (Å²) in [4.78, 5) is 11.4. The molecule has 0 aliphatic rings. The molecule has 0 radical (unpaired) electrons. The molecule has 0 spiro atoms. The number of benzene rings is 1. The lowest BCUT2D eigenvalue weighted by atomic mass is 10.1. The van der Waals surface area contributed by atoms with Crippen LogP contribution in [-0.4, -0.2) is 30.8 Å². The lowest BCUT2D eigenvalue weighted by Gasteiger charge is -2.09. The fourth-order valence-electron chi connectivity index (χ4n) is 1.40. The number of aliphatic hydroxyl groups is 1. The van der Waals surface area contributed by atoms with Gasteiger partial charge in [0.1, 0.15) is 5.75 Å². The largest absolute Gasteiger partial charge is 0.484 e. The number of hydrogen-bond donors (Lipinski definition) is 2. The molecule has 0 atom stereocenters. The highest BCUT2D eigenvalue weighted by Crippen LogP contribution is 2.12. The summed E-state index contributed by atoms with van der Waals surface area (Å²) >= 11 is 0. The third-order valence-corrected chi connectivity index (χ3v) is 2.40. The van der Waals surface area contributed by atoms with Gasteiger partial charge in [-0.25, -0.2) is 0 Å². The molecule has 0 saturated carbocycles. The van der Waals surface area contributed by atoms with Gasteiger partial charge in [0, 0.05) is 13.2 Å². The van der Waals surface area contributed by atoms with Crippen molar-refractivity contribution in [1.29, 1.82) is 0 Å². The van der Waals surface area contributed by atoms with Gasteiger partial charge in [-0.1, -0.05) is 26.0 Å². The van der Waals surface area contributed by atoms with E-state index in [4.69, 9.17) is 9.84 Å². The first-order valence-corrected chi connectivity index (χ1v) is 6.21. The van der Waals surface area contributed by atoms with Crippen molar-refractivity contribution in [2.45, 2.75) is 20.3 Å². The normalized spacial score (nSPS) is 10.4. The molecule has 1 amide bonds. The Bertz CT molecular complexity index is 360. The Hall–Kier alpha value is -1.55. The van der Waals surface area contributed by atoms with Crippen molar-refractivity contribution in [2.75, 3.05) is 19.8 Å². The van der Waals surface area contributed by atoms with Crippen molar-refractivity contribution in [2.24, 2.45) is 5.92 Å². The minimum Gasteiger partial charge on any atom is -0.484 e. The van der Waals surface area contributed by atoms with Gasteiger partial charge in [0.25, 0.3) is 5.91 Å². The van der Waals surface area contributed by atoms with Gasteiger partial charge >= 0.3 is 0 Å². The first-order valence-electron chi connectivity index (χ1n) is 6.21. The number of carbonyl (C=O) groups excluding carboxylic acids is 1. The molecule has 0 unspecified atom stereocenters. The van der Waals surface area contributed by atoms with Crippen molar-refractivity contribution in [3.05, 3.63) is 29.8 Å². The molecule has 4 nitrogen and oxygen atoms in total. The molecule has 1 aromatic carbocycles. The Kier molecular flexibility index (Phi) is 6.22. The summed E-state index contributed by atoms with van der Waals surface area (Å²) < 4.78 is 5.36. The number of ether oxygens (including phenoxy) is 1. The number of aliphatic hydroxyl groups excluding tert-OH is 1. The average molecular weight is 251 g/mol. The van der Waals surface area contributed by atoms with Gasteiger partial charge in [-0.2, -0.15) is 0 Å². The van der Waals surface area contributed by atoms with E-state index in [2.05, 4.69) is 5.32 Å². The highest BCUT2D eigenvalue weighted by molar-refractivity contribution is 5.77. The predicted octanol–water partition coefficient (Wildman–Crippen LogP) is 1.37. The van der Waals surface area contributed by atoms with Gasteiger partial charge in [0.15, 0.2) is 6.61 Å². The molecule has 0 aromatic heterocycles. The van der Waals surface area contributed by atoms with Crippen LogP contribution in [0.1, 0.15) is 19.4 Å². The maximum Gasteiger partial charge on any atom is 0.257 e. The molecule has 1 aromatic rings. The average Bonchev–Trinajstić information content (AvgIpc) is 2.36. The molecule has 0 aliphatic heterocycles. The number of rotatable bonds is 7. The molecule has 0 saturated heterocycles. The van der Waals surface area contributed by atoms with Gasteiger partial charge in [0.2, 0.25) is 0 Å². The summed E-state index contributed by atoms with van der Waals surface area (Å²) in [6.45, 7) is 4.92. The van der Waals surface area contributed by atoms with Crippen molar-refractivity contribution >= 4 is 5.91 Å². The van der Waals surface area contributed by atoms with Crippen molar-refractivity contribution in [3.63, 3.8) is 0 Å². The fourth-order valence-corrected chi connectivity index (χ4v) is 1.40. The van der Waals surface area contributed by atoms with E-state index in [0.29, 0.717) is 24.6 Å². The zero-order valence-electron chi connectivity index (χ0n) is 11.0. The topological polar surface area (TPSA) is 58.6 Å². The first kappa shape index (κ1) is 14.5. The second kappa shape index (κ2) is 7.71. The SMILES string of the molecule is CC(C)CNC(=O)COc1ccc(CCO)cc1. The van der Waals surface area contributed by atoms with Crippen LogP contribution in [0.2, 0.25) is 0 Å². The number of amides is 1. The molecule has 0 fully saturated rings. The van der Waals surface area contributed by atoms with Crippen LogP contribution in [0.15, 0.2) is 24.3 Å². The molecule has 0 aliphatic carbocycles. The maximum atomic E-state index is 11.4. The number of carbonyl (C=O) groups is 1. The van der Waals surface area contributed by atoms with E-state index in [-0.39, 0.29) is 19.1 Å². The molecule has 0 bridgehead atoms. The number of nitrogens with one attached hydrogen (secondary N) is 1. The molecular formula is C14H21NO3. The van der Waals surface area contributed by atoms with Crippen LogP contribution in [0.3, 0.4) is 0 Å². The van der Waals surface area contributed by atoms with E-state index in [9.17, 15) is 4.79 Å². The van der Waals surface area contributed by atoms with Crippen LogP contribution in [0.4, 0.5) is 0 Å². The predicted molar refractivity (Wildman–Crippen MR) is 70.6 cm³/mol. The maximum absolute atomic E-state index is 11.4. The minimum absolute atomic E-state index is 0.0338. The summed E-state index contributed by atoms with van der Waals surface area (Å²) in [6, 6.07) is 7.39. The fraction of sp³-hybridized carbons (Fsp3) is 0.500. The van der Waals surface area contributed by atoms with Gasteiger partial charge in [-0.15, -0.1) is 0 Å². The lowest BCUT2D eigenvalue weighted by Crippen LogP contribution is -2.31. The van der Waals surface area contributed by atoms with Crippen molar-refractivity contribution in [1.82, 2.24) is 5.32 Å². The lowest BCUT2D eigenvalue weighted by molar-refractivity contribution is -0.123. The van der Waals surface area contributed by atoms with Crippen LogP contribution >= 0.6 is 0 Å². The van der Waals surface area contributed by atoms with Crippen molar-refractivity contribution < 1.29 is 14.6 Å².